The minimum Gasteiger partial charge on any atom is -0.357 e. The Hall–Kier alpha value is -1.23. The van der Waals surface area contributed by atoms with Crippen LogP contribution in [0.4, 0.5) is 0 Å². The van der Waals surface area contributed by atoms with Crippen LogP contribution in [0.5, 0.6) is 0 Å². The molecule has 2 aromatic rings. The average molecular weight is 557 g/mol. The first kappa shape index (κ1) is 26.0. The van der Waals surface area contributed by atoms with Gasteiger partial charge in [-0.3, -0.25) is 9.89 Å². The first-order chi connectivity index (χ1) is 14.7. The van der Waals surface area contributed by atoms with E-state index in [0.29, 0.717) is 6.04 Å². The normalized spacial score (nSPS) is 17.9. The highest BCUT2D eigenvalue weighted by Crippen LogP contribution is 2.24. The maximum Gasteiger partial charge on any atom is 0.191 e. The number of guanidine groups is 1. The summed E-state index contributed by atoms with van der Waals surface area (Å²) >= 11 is 1.71. The van der Waals surface area contributed by atoms with Gasteiger partial charge in [0, 0.05) is 63.7 Å². The van der Waals surface area contributed by atoms with Gasteiger partial charge < -0.3 is 15.5 Å². The van der Waals surface area contributed by atoms with Gasteiger partial charge in [0.15, 0.2) is 5.96 Å². The molecule has 1 unspecified atom stereocenters. The third-order valence-electron chi connectivity index (χ3n) is 5.44. The number of piperazine rings is 1. The molecule has 1 aromatic carbocycles. The van der Waals surface area contributed by atoms with Crippen LogP contribution in [0.2, 0.25) is 0 Å². The molecule has 1 aliphatic rings. The summed E-state index contributed by atoms with van der Waals surface area (Å²) in [7, 11) is 2.22. The predicted octanol–water partition coefficient (Wildman–Crippen LogP) is 3.55. The zero-order valence-corrected chi connectivity index (χ0v) is 22.2. The van der Waals surface area contributed by atoms with Crippen LogP contribution in [0.25, 0.3) is 0 Å². The molecule has 1 fully saturated rings. The van der Waals surface area contributed by atoms with E-state index in [1.165, 1.54) is 5.56 Å². The highest BCUT2D eigenvalue weighted by molar-refractivity contribution is 14.0. The maximum atomic E-state index is 4.79. The number of rotatable bonds is 9. The van der Waals surface area contributed by atoms with E-state index in [-0.39, 0.29) is 24.0 Å². The molecule has 0 aliphatic carbocycles. The van der Waals surface area contributed by atoms with Crippen LogP contribution in [-0.4, -0.2) is 73.6 Å². The number of aromatic nitrogens is 1. The SMILES string of the molecule is CCNC(=NCCCN1CCN(C)CC1c1ccccc1)NCCc1csc(C)n1.I. The number of thiazole rings is 1. The number of aryl methyl sites for hydroxylation is 1. The number of benzene rings is 1. The molecule has 2 N–H and O–H groups in total. The van der Waals surface area contributed by atoms with E-state index in [2.05, 4.69) is 82.0 Å². The molecule has 1 aromatic heterocycles. The number of likely N-dealkylation sites (N-methyl/N-ethyl adjacent to an activating group) is 1. The average Bonchev–Trinajstić information content (AvgIpc) is 3.17. The topological polar surface area (TPSA) is 55.8 Å². The van der Waals surface area contributed by atoms with Crippen molar-refractivity contribution in [2.24, 2.45) is 4.99 Å². The first-order valence-corrected chi connectivity index (χ1v) is 11.9. The van der Waals surface area contributed by atoms with Crippen molar-refractivity contribution in [1.29, 1.82) is 0 Å². The Balaban J connectivity index is 0.00000341. The molecule has 31 heavy (non-hydrogen) atoms. The fourth-order valence-electron chi connectivity index (χ4n) is 3.85. The largest absolute Gasteiger partial charge is 0.357 e. The van der Waals surface area contributed by atoms with Crippen LogP contribution < -0.4 is 10.6 Å². The van der Waals surface area contributed by atoms with Gasteiger partial charge >= 0.3 is 0 Å². The van der Waals surface area contributed by atoms with Gasteiger partial charge in [0.2, 0.25) is 0 Å². The van der Waals surface area contributed by atoms with Crippen molar-refractivity contribution in [3.63, 3.8) is 0 Å². The monoisotopic (exact) mass is 556 g/mol. The van der Waals surface area contributed by atoms with Gasteiger partial charge in [0.1, 0.15) is 0 Å². The summed E-state index contributed by atoms with van der Waals surface area (Å²) in [6.07, 6.45) is 1.99. The second-order valence-electron chi connectivity index (χ2n) is 7.87. The first-order valence-electron chi connectivity index (χ1n) is 11.1. The third-order valence-corrected chi connectivity index (χ3v) is 6.26. The minimum atomic E-state index is 0. The van der Waals surface area contributed by atoms with E-state index < -0.39 is 0 Å². The molecular weight excluding hydrogens is 519 g/mol. The number of hydrogen-bond acceptors (Lipinski definition) is 5. The van der Waals surface area contributed by atoms with Crippen molar-refractivity contribution in [1.82, 2.24) is 25.4 Å². The number of aliphatic imine (C=N–C) groups is 1. The molecule has 2 heterocycles. The Morgan fingerprint density at radius 3 is 2.74 bits per heavy atom. The fourth-order valence-corrected chi connectivity index (χ4v) is 4.50. The van der Waals surface area contributed by atoms with Crippen LogP contribution in [0, 0.1) is 6.92 Å². The molecule has 1 aliphatic heterocycles. The molecule has 1 saturated heterocycles. The number of halogens is 1. The zero-order valence-electron chi connectivity index (χ0n) is 19.0. The predicted molar refractivity (Wildman–Crippen MR) is 143 cm³/mol. The molecule has 0 radical (unpaired) electrons. The lowest BCUT2D eigenvalue weighted by Gasteiger charge is -2.40. The zero-order chi connectivity index (χ0) is 21.2. The van der Waals surface area contributed by atoms with Crippen LogP contribution in [0.3, 0.4) is 0 Å². The maximum absolute atomic E-state index is 4.79. The molecule has 1 atom stereocenters. The van der Waals surface area contributed by atoms with Gasteiger partial charge in [-0.15, -0.1) is 35.3 Å². The van der Waals surface area contributed by atoms with Crippen LogP contribution in [0.1, 0.15) is 35.7 Å². The summed E-state index contributed by atoms with van der Waals surface area (Å²) in [6.45, 7) is 11.1. The van der Waals surface area contributed by atoms with Crippen molar-refractivity contribution in [2.75, 3.05) is 52.9 Å². The van der Waals surface area contributed by atoms with E-state index in [9.17, 15) is 0 Å². The Kier molecular flexibility index (Phi) is 11.8. The number of hydrogen-bond donors (Lipinski definition) is 2. The summed E-state index contributed by atoms with van der Waals surface area (Å²) < 4.78 is 0. The Morgan fingerprint density at radius 2 is 2.03 bits per heavy atom. The van der Waals surface area contributed by atoms with Crippen LogP contribution >= 0.6 is 35.3 Å². The summed E-state index contributed by atoms with van der Waals surface area (Å²) in [6, 6.07) is 11.4. The summed E-state index contributed by atoms with van der Waals surface area (Å²) in [5.74, 6) is 0.905. The van der Waals surface area contributed by atoms with E-state index in [0.717, 1.165) is 75.3 Å². The highest BCUT2D eigenvalue weighted by atomic mass is 127. The van der Waals surface area contributed by atoms with Gasteiger partial charge in [-0.05, 0) is 32.9 Å². The molecular formula is C23H37IN6S. The molecule has 0 bridgehead atoms. The van der Waals surface area contributed by atoms with Crippen molar-refractivity contribution in [3.8, 4) is 0 Å². The molecule has 0 saturated carbocycles. The molecule has 6 nitrogen and oxygen atoms in total. The van der Waals surface area contributed by atoms with E-state index >= 15 is 0 Å². The Bertz CT molecular complexity index is 781. The van der Waals surface area contributed by atoms with Gasteiger partial charge in [-0.2, -0.15) is 0 Å². The molecule has 0 spiro atoms. The Labute approximate surface area is 208 Å². The second kappa shape index (κ2) is 14.0. The van der Waals surface area contributed by atoms with Gasteiger partial charge in [0.25, 0.3) is 0 Å². The van der Waals surface area contributed by atoms with Crippen molar-refractivity contribution in [2.45, 2.75) is 32.7 Å². The third kappa shape index (κ3) is 8.67. The van der Waals surface area contributed by atoms with E-state index in [4.69, 9.17) is 4.99 Å². The van der Waals surface area contributed by atoms with Gasteiger partial charge in [0.05, 0.1) is 10.7 Å². The van der Waals surface area contributed by atoms with Gasteiger partial charge in [-0.25, -0.2) is 4.98 Å². The van der Waals surface area contributed by atoms with Crippen molar-refractivity contribution in [3.05, 3.63) is 52.0 Å². The standard InChI is InChI=1S/C23H36N6S.HI/c1-4-24-23(26-13-11-21-18-30-19(2)27-21)25-12-8-14-29-16-15-28(3)17-22(29)20-9-6-5-7-10-20;/h5-7,9-10,18,22H,4,8,11-17H2,1-3H3,(H2,24,25,26);1H. The quantitative estimate of drug-likeness (QED) is 0.214. The van der Waals surface area contributed by atoms with Crippen LogP contribution in [-0.2, 0) is 6.42 Å². The van der Waals surface area contributed by atoms with E-state index in [1.54, 1.807) is 11.3 Å². The van der Waals surface area contributed by atoms with E-state index in [1.807, 2.05) is 0 Å². The summed E-state index contributed by atoms with van der Waals surface area (Å²) in [5.41, 5.74) is 2.57. The lowest BCUT2D eigenvalue weighted by Crippen LogP contribution is -2.47. The van der Waals surface area contributed by atoms with Crippen molar-refractivity contribution < 1.29 is 0 Å². The number of nitrogens with one attached hydrogen (secondary N) is 2. The van der Waals surface area contributed by atoms with Gasteiger partial charge in [-0.1, -0.05) is 30.3 Å². The summed E-state index contributed by atoms with van der Waals surface area (Å²) in [5, 5.41) is 10.1. The highest BCUT2D eigenvalue weighted by Gasteiger charge is 2.25. The number of nitrogens with zero attached hydrogens (tertiary/aromatic N) is 4. The smallest absolute Gasteiger partial charge is 0.191 e. The fraction of sp³-hybridized carbons (Fsp3) is 0.565. The molecule has 8 heteroatoms. The minimum absolute atomic E-state index is 0. The van der Waals surface area contributed by atoms with Crippen molar-refractivity contribution >= 4 is 41.3 Å². The molecule has 3 rings (SSSR count). The summed E-state index contributed by atoms with van der Waals surface area (Å²) in [4.78, 5) is 14.4. The Morgan fingerprint density at radius 1 is 1.23 bits per heavy atom. The molecule has 0 amide bonds. The second-order valence-corrected chi connectivity index (χ2v) is 8.94. The lowest BCUT2D eigenvalue weighted by molar-refractivity contribution is 0.0894. The molecule has 172 valence electrons. The lowest BCUT2D eigenvalue weighted by atomic mass is 10.0. The van der Waals surface area contributed by atoms with Crippen LogP contribution in [0.15, 0.2) is 40.7 Å².